The molecule has 0 radical (unpaired) electrons. The van der Waals surface area contributed by atoms with Crippen molar-refractivity contribution in [3.8, 4) is 5.75 Å². The van der Waals surface area contributed by atoms with E-state index >= 15 is 4.57 Å². The van der Waals surface area contributed by atoms with E-state index in [1.165, 1.54) is 23.3 Å². The van der Waals surface area contributed by atoms with E-state index in [0.29, 0.717) is 22.5 Å². The van der Waals surface area contributed by atoms with Crippen molar-refractivity contribution in [2.45, 2.75) is 16.7 Å². The van der Waals surface area contributed by atoms with Crippen LogP contribution in [-0.2, 0) is 14.1 Å². The molecule has 4 aromatic carbocycles. The van der Waals surface area contributed by atoms with Gasteiger partial charge < -0.3 is 14.6 Å². The number of pyridine rings is 1. The van der Waals surface area contributed by atoms with Crippen LogP contribution in [0, 0.1) is 5.92 Å². The molecule has 1 unspecified atom stereocenters. The highest BCUT2D eigenvalue weighted by Gasteiger charge is 2.36. The Labute approximate surface area is 282 Å². The second-order valence-electron chi connectivity index (χ2n) is 11.1. The van der Waals surface area contributed by atoms with Crippen molar-refractivity contribution >= 4 is 65.0 Å². The van der Waals surface area contributed by atoms with Crippen LogP contribution in [0.1, 0.15) is 28.7 Å². The van der Waals surface area contributed by atoms with Crippen molar-refractivity contribution in [3.63, 3.8) is 0 Å². The molecule has 6 rings (SSSR count). The smallest absolute Gasteiger partial charge is 0.364 e. The molecular formula is C37H33N4O5PS. The quantitative estimate of drug-likeness (QED) is 0.108. The van der Waals surface area contributed by atoms with E-state index in [1.54, 1.807) is 32.3 Å². The Morgan fingerprint density at radius 1 is 0.938 bits per heavy atom. The standard InChI is InChI=1S/C37H33N4O5PS/c1-25(37(43)45-3)24-47(44,46-29-17-15-26-10-4-5-11-27(26)22-29)41-34-23-30(48-35-14-7-6-13-32(35)36(42)38-2)18-19-31(34)33(40-41)20-16-28-12-8-9-21-39-28/h4-23,25H,24H2,1-3H3,(H,38,42)/b20-16+/t25-,47?/m1/s1. The third-order valence-electron chi connectivity index (χ3n) is 7.72. The number of rotatable bonds is 11. The number of nitrogens with one attached hydrogen (secondary N) is 1. The first kappa shape index (κ1) is 32.7. The normalized spacial score (nSPS) is 13.3. The van der Waals surface area contributed by atoms with Crippen molar-refractivity contribution < 1.29 is 23.4 Å². The molecule has 2 atom stereocenters. The summed E-state index contributed by atoms with van der Waals surface area (Å²) in [5.74, 6) is -1.08. The zero-order valence-electron chi connectivity index (χ0n) is 26.6. The van der Waals surface area contributed by atoms with E-state index < -0.39 is 19.4 Å². The number of ether oxygens (including phenoxy) is 1. The lowest BCUT2D eigenvalue weighted by molar-refractivity contribution is -0.144. The van der Waals surface area contributed by atoms with Crippen molar-refractivity contribution in [2.24, 2.45) is 5.92 Å². The largest absolute Gasteiger partial charge is 0.469 e. The van der Waals surface area contributed by atoms with Crippen molar-refractivity contribution in [2.75, 3.05) is 20.3 Å². The molecule has 2 heterocycles. The number of fused-ring (bicyclic) bond motifs is 2. The number of carbonyl (C=O) groups is 2. The van der Waals surface area contributed by atoms with Crippen LogP contribution in [0.3, 0.4) is 0 Å². The van der Waals surface area contributed by atoms with Crippen LogP contribution < -0.4 is 9.84 Å². The molecule has 242 valence electrons. The summed E-state index contributed by atoms with van der Waals surface area (Å²) < 4.78 is 28.1. The van der Waals surface area contributed by atoms with Gasteiger partial charge >= 0.3 is 13.5 Å². The highest BCUT2D eigenvalue weighted by molar-refractivity contribution is 7.99. The third-order valence-corrected chi connectivity index (χ3v) is 11.2. The summed E-state index contributed by atoms with van der Waals surface area (Å²) in [4.78, 5) is 31.2. The lowest BCUT2D eigenvalue weighted by Crippen LogP contribution is -2.21. The molecule has 6 aromatic rings. The SMILES string of the molecule is CNC(=O)c1ccccc1Sc1ccc2c(/C=C/c3ccccn3)nn(P(=O)(C[C@@H](C)C(=O)OC)Oc3ccc4ccccc4c3)c2c1. The molecule has 1 N–H and O–H groups in total. The van der Waals surface area contributed by atoms with E-state index in [0.717, 1.165) is 31.6 Å². The van der Waals surface area contributed by atoms with Gasteiger partial charge in [-0.15, -0.1) is 0 Å². The van der Waals surface area contributed by atoms with Gasteiger partial charge in [0.2, 0.25) is 0 Å². The van der Waals surface area contributed by atoms with Gasteiger partial charge in [0.25, 0.3) is 5.91 Å². The Morgan fingerprint density at radius 3 is 2.48 bits per heavy atom. The molecular weight excluding hydrogens is 643 g/mol. The van der Waals surface area contributed by atoms with E-state index in [4.69, 9.17) is 14.4 Å². The number of aromatic nitrogens is 3. The van der Waals surface area contributed by atoms with Gasteiger partial charge in [-0.3, -0.25) is 19.1 Å². The molecule has 9 nitrogen and oxygen atoms in total. The predicted octanol–water partition coefficient (Wildman–Crippen LogP) is 8.20. The molecule has 0 aliphatic heterocycles. The number of hydrogen-bond donors (Lipinski definition) is 1. The number of esters is 1. The fourth-order valence-corrected chi connectivity index (χ4v) is 8.62. The summed E-state index contributed by atoms with van der Waals surface area (Å²) in [6.07, 6.45) is 5.19. The summed E-state index contributed by atoms with van der Waals surface area (Å²) in [6, 6.07) is 32.0. The van der Waals surface area contributed by atoms with Gasteiger partial charge in [0, 0.05) is 28.4 Å². The summed E-state index contributed by atoms with van der Waals surface area (Å²) in [6.45, 7) is 1.66. The molecule has 48 heavy (non-hydrogen) atoms. The maximum atomic E-state index is 15.3. The number of benzene rings is 4. The van der Waals surface area contributed by atoms with E-state index in [1.807, 2.05) is 103 Å². The van der Waals surface area contributed by atoms with Gasteiger partial charge in [-0.1, -0.05) is 67.2 Å². The summed E-state index contributed by atoms with van der Waals surface area (Å²) in [5, 5.41) is 10.2. The molecule has 0 saturated carbocycles. The van der Waals surface area contributed by atoms with Crippen molar-refractivity contribution in [1.29, 1.82) is 0 Å². The number of nitrogens with zero attached hydrogens (tertiary/aromatic N) is 3. The first-order valence-electron chi connectivity index (χ1n) is 15.2. The average molecular weight is 677 g/mol. The van der Waals surface area contributed by atoms with Gasteiger partial charge in [-0.2, -0.15) is 9.55 Å². The van der Waals surface area contributed by atoms with Gasteiger partial charge in [0.1, 0.15) is 5.75 Å². The fourth-order valence-electron chi connectivity index (χ4n) is 5.33. The molecule has 11 heteroatoms. The first-order chi connectivity index (χ1) is 23.3. The highest BCUT2D eigenvalue weighted by atomic mass is 32.2. The Morgan fingerprint density at radius 2 is 1.71 bits per heavy atom. The molecule has 2 aromatic heterocycles. The Bertz CT molecular complexity index is 2200. The summed E-state index contributed by atoms with van der Waals surface area (Å²) >= 11 is 1.40. The third kappa shape index (κ3) is 7.05. The van der Waals surface area contributed by atoms with Gasteiger partial charge in [-0.05, 0) is 77.5 Å². The Kier molecular flexibility index (Phi) is 9.75. The van der Waals surface area contributed by atoms with Crippen LogP contribution in [-0.4, -0.2) is 46.7 Å². The topological polar surface area (TPSA) is 112 Å². The van der Waals surface area contributed by atoms with Crippen LogP contribution in [0.25, 0.3) is 33.8 Å². The van der Waals surface area contributed by atoms with Crippen molar-refractivity contribution in [1.82, 2.24) is 19.9 Å². The second kappa shape index (κ2) is 14.3. The fraction of sp³-hybridized carbons (Fsp3) is 0.135. The van der Waals surface area contributed by atoms with E-state index in [9.17, 15) is 9.59 Å². The minimum absolute atomic E-state index is 0.163. The number of amides is 1. The Hall–Kier alpha value is -5.18. The average Bonchev–Trinajstić information content (AvgIpc) is 3.49. The first-order valence-corrected chi connectivity index (χ1v) is 17.8. The molecule has 0 aliphatic rings. The van der Waals surface area contributed by atoms with Gasteiger partial charge in [-0.25, -0.2) is 0 Å². The molecule has 0 bridgehead atoms. The molecule has 0 fully saturated rings. The summed E-state index contributed by atoms with van der Waals surface area (Å²) in [7, 11) is -1.07. The van der Waals surface area contributed by atoms with E-state index in [-0.39, 0.29) is 12.1 Å². The van der Waals surface area contributed by atoms with Crippen LogP contribution in [0.2, 0.25) is 0 Å². The highest BCUT2D eigenvalue weighted by Crippen LogP contribution is 2.52. The lowest BCUT2D eigenvalue weighted by Gasteiger charge is -2.23. The lowest BCUT2D eigenvalue weighted by atomic mass is 10.1. The van der Waals surface area contributed by atoms with Gasteiger partial charge in [0.05, 0.1) is 41.7 Å². The molecule has 1 amide bonds. The second-order valence-corrected chi connectivity index (χ2v) is 14.4. The zero-order chi connectivity index (χ0) is 33.7. The van der Waals surface area contributed by atoms with Crippen LogP contribution in [0.5, 0.6) is 5.75 Å². The van der Waals surface area contributed by atoms with Crippen LogP contribution >= 0.6 is 19.3 Å². The Balaban J connectivity index is 1.51. The maximum Gasteiger partial charge on any atom is 0.364 e. The monoisotopic (exact) mass is 676 g/mol. The number of hydrogen-bond acceptors (Lipinski definition) is 8. The number of carbonyl (C=O) groups excluding carboxylic acids is 2. The number of methoxy groups -OCH3 is 1. The van der Waals surface area contributed by atoms with Crippen LogP contribution in [0.15, 0.2) is 119 Å². The van der Waals surface area contributed by atoms with Gasteiger partial charge in [0.15, 0.2) is 0 Å². The minimum Gasteiger partial charge on any atom is -0.469 e. The molecule has 0 saturated heterocycles. The minimum atomic E-state index is -3.97. The predicted molar refractivity (Wildman–Crippen MR) is 190 cm³/mol. The molecule has 0 aliphatic carbocycles. The summed E-state index contributed by atoms with van der Waals surface area (Å²) in [5.41, 5.74) is 2.35. The maximum absolute atomic E-state index is 15.3. The van der Waals surface area contributed by atoms with Crippen molar-refractivity contribution in [3.05, 3.63) is 126 Å². The zero-order valence-corrected chi connectivity index (χ0v) is 28.3. The molecule has 0 spiro atoms. The van der Waals surface area contributed by atoms with E-state index in [2.05, 4.69) is 10.3 Å². The van der Waals surface area contributed by atoms with Crippen LogP contribution in [0.4, 0.5) is 0 Å².